The van der Waals surface area contributed by atoms with E-state index in [2.05, 4.69) is 5.32 Å². The number of nitrogens with one attached hydrogen (secondary N) is 1. The Morgan fingerprint density at radius 1 is 0.848 bits per heavy atom. The van der Waals surface area contributed by atoms with Crippen LogP contribution in [0, 0.1) is 0 Å². The molecule has 3 amide bonds. The number of fused-ring (bicyclic) bond motifs is 1. The van der Waals surface area contributed by atoms with Crippen molar-refractivity contribution in [1.29, 1.82) is 0 Å². The van der Waals surface area contributed by atoms with E-state index in [1.54, 1.807) is 0 Å². The maximum Gasteiger partial charge on any atom is 0.418 e. The zero-order valence-corrected chi connectivity index (χ0v) is 16.5. The van der Waals surface area contributed by atoms with Gasteiger partial charge in [0.15, 0.2) is 0 Å². The van der Waals surface area contributed by atoms with Crippen molar-refractivity contribution in [1.82, 2.24) is 0 Å². The average Bonchev–Trinajstić information content (AvgIpc) is 3.02. The molecule has 7 nitrogen and oxygen atoms in total. The van der Waals surface area contributed by atoms with Gasteiger partial charge in [-0.15, -0.1) is 0 Å². The van der Waals surface area contributed by atoms with E-state index in [9.17, 15) is 32.3 Å². The van der Waals surface area contributed by atoms with E-state index in [-0.39, 0.29) is 27.9 Å². The molecule has 0 saturated heterocycles. The molecule has 0 saturated carbocycles. The van der Waals surface area contributed by atoms with Crippen LogP contribution in [0.25, 0.3) is 0 Å². The summed E-state index contributed by atoms with van der Waals surface area (Å²) in [6, 6.07) is 13.2. The van der Waals surface area contributed by atoms with Gasteiger partial charge in [0.05, 0.1) is 39.2 Å². The lowest BCUT2D eigenvalue weighted by Crippen LogP contribution is -2.31. The molecule has 166 valence electrons. The number of hydrogen-bond acceptors (Lipinski definition) is 4. The molecule has 0 unspecified atom stereocenters. The van der Waals surface area contributed by atoms with E-state index < -0.39 is 41.1 Å². The zero-order valence-electron chi connectivity index (χ0n) is 16.5. The highest BCUT2D eigenvalue weighted by atomic mass is 19.4. The van der Waals surface area contributed by atoms with Crippen LogP contribution in [0.5, 0.6) is 0 Å². The summed E-state index contributed by atoms with van der Waals surface area (Å²) in [6.45, 7) is 0. The predicted molar refractivity (Wildman–Crippen MR) is 110 cm³/mol. The first-order valence-electron chi connectivity index (χ1n) is 9.42. The van der Waals surface area contributed by atoms with E-state index >= 15 is 0 Å². The van der Waals surface area contributed by atoms with Crippen LogP contribution in [-0.4, -0.2) is 28.8 Å². The summed E-state index contributed by atoms with van der Waals surface area (Å²) >= 11 is 0. The largest absolute Gasteiger partial charge is 0.478 e. The van der Waals surface area contributed by atoms with Crippen molar-refractivity contribution in [2.75, 3.05) is 10.2 Å². The van der Waals surface area contributed by atoms with Crippen molar-refractivity contribution in [3.63, 3.8) is 0 Å². The van der Waals surface area contributed by atoms with Crippen molar-refractivity contribution >= 4 is 35.1 Å². The van der Waals surface area contributed by atoms with Crippen LogP contribution < -0.4 is 10.2 Å². The molecule has 10 heteroatoms. The van der Waals surface area contributed by atoms with E-state index in [1.807, 2.05) is 0 Å². The standard InChI is InChI=1S/C23H13F3N2O5/c24-23(25,26)16-6-2-3-7-17(16)27-19(29)14-5-1-4-8-18(14)28-20(30)13-10-9-12(22(32)33)11-15(13)21(28)31/h1-11H,(H,27,29)(H,32,33). The van der Waals surface area contributed by atoms with Gasteiger partial charge in [-0.05, 0) is 42.5 Å². The lowest BCUT2D eigenvalue weighted by Gasteiger charge is -2.19. The van der Waals surface area contributed by atoms with Gasteiger partial charge in [-0.25, -0.2) is 9.69 Å². The fraction of sp³-hybridized carbons (Fsp3) is 0.0435. The molecule has 33 heavy (non-hydrogen) atoms. The Morgan fingerprint density at radius 2 is 1.48 bits per heavy atom. The van der Waals surface area contributed by atoms with E-state index in [0.717, 1.165) is 18.2 Å². The van der Waals surface area contributed by atoms with E-state index in [0.29, 0.717) is 4.90 Å². The van der Waals surface area contributed by atoms with Crippen LogP contribution in [0.2, 0.25) is 0 Å². The zero-order chi connectivity index (χ0) is 23.9. The van der Waals surface area contributed by atoms with Gasteiger partial charge >= 0.3 is 12.1 Å². The second-order valence-corrected chi connectivity index (χ2v) is 7.03. The predicted octanol–water partition coefficient (Wildman–Crippen LogP) is 4.46. The molecule has 4 rings (SSSR count). The molecule has 0 aliphatic carbocycles. The Hall–Kier alpha value is -4.47. The Bertz CT molecular complexity index is 1330. The van der Waals surface area contributed by atoms with Gasteiger partial charge in [-0.3, -0.25) is 14.4 Å². The molecule has 0 atom stereocenters. The number of aromatic carboxylic acids is 1. The van der Waals surface area contributed by atoms with Crippen molar-refractivity contribution < 1.29 is 37.5 Å². The molecule has 0 radical (unpaired) electrons. The lowest BCUT2D eigenvalue weighted by molar-refractivity contribution is -0.136. The van der Waals surface area contributed by atoms with Crippen LogP contribution in [0.1, 0.15) is 47.0 Å². The number of amides is 3. The first kappa shape index (κ1) is 21.8. The van der Waals surface area contributed by atoms with Crippen molar-refractivity contribution in [3.05, 3.63) is 94.5 Å². The minimum atomic E-state index is -4.71. The molecule has 2 N–H and O–H groups in total. The second-order valence-electron chi connectivity index (χ2n) is 7.03. The van der Waals surface area contributed by atoms with Crippen molar-refractivity contribution in [3.8, 4) is 0 Å². The third kappa shape index (κ3) is 3.82. The minimum Gasteiger partial charge on any atom is -0.478 e. The van der Waals surface area contributed by atoms with Crippen LogP contribution >= 0.6 is 0 Å². The molecule has 3 aromatic rings. The van der Waals surface area contributed by atoms with E-state index in [4.69, 9.17) is 5.11 Å². The van der Waals surface area contributed by atoms with Gasteiger partial charge in [0.25, 0.3) is 17.7 Å². The number of imide groups is 1. The number of para-hydroxylation sites is 2. The molecule has 0 fully saturated rings. The highest BCUT2D eigenvalue weighted by Gasteiger charge is 2.39. The number of halogens is 3. The molecular formula is C23H13F3N2O5. The third-order valence-electron chi connectivity index (χ3n) is 5.00. The average molecular weight is 454 g/mol. The number of benzene rings is 3. The highest BCUT2D eigenvalue weighted by molar-refractivity contribution is 6.35. The van der Waals surface area contributed by atoms with Gasteiger partial charge < -0.3 is 10.4 Å². The fourth-order valence-electron chi connectivity index (χ4n) is 3.48. The molecule has 0 spiro atoms. The summed E-state index contributed by atoms with van der Waals surface area (Å²) < 4.78 is 39.8. The van der Waals surface area contributed by atoms with Crippen molar-refractivity contribution in [2.24, 2.45) is 0 Å². The topological polar surface area (TPSA) is 104 Å². The summed E-state index contributed by atoms with van der Waals surface area (Å²) in [5.74, 6) is -3.90. The Kier molecular flexibility index (Phi) is 5.21. The Balaban J connectivity index is 1.72. The first-order chi connectivity index (χ1) is 15.6. The van der Waals surface area contributed by atoms with Gasteiger partial charge in [0, 0.05) is 0 Å². The normalized spacial score (nSPS) is 13.1. The fourth-order valence-corrected chi connectivity index (χ4v) is 3.48. The summed E-state index contributed by atoms with van der Waals surface area (Å²) in [5, 5.41) is 11.3. The number of carbonyl (C=O) groups is 4. The SMILES string of the molecule is O=C(O)c1ccc2c(c1)C(=O)N(c1ccccc1C(=O)Nc1ccccc1C(F)(F)F)C2=O. The van der Waals surface area contributed by atoms with Gasteiger partial charge in [0.2, 0.25) is 0 Å². The number of carbonyl (C=O) groups excluding carboxylic acids is 3. The van der Waals surface area contributed by atoms with Crippen LogP contribution in [0.3, 0.4) is 0 Å². The Morgan fingerprint density at radius 3 is 2.18 bits per heavy atom. The number of rotatable bonds is 4. The van der Waals surface area contributed by atoms with Crippen LogP contribution in [0.4, 0.5) is 24.5 Å². The van der Waals surface area contributed by atoms with E-state index in [1.165, 1.54) is 48.5 Å². The summed E-state index contributed by atoms with van der Waals surface area (Å²) in [4.78, 5) is 50.6. The smallest absolute Gasteiger partial charge is 0.418 e. The lowest BCUT2D eigenvalue weighted by atomic mass is 10.1. The van der Waals surface area contributed by atoms with Crippen LogP contribution in [-0.2, 0) is 6.18 Å². The number of hydrogen-bond donors (Lipinski definition) is 2. The quantitative estimate of drug-likeness (QED) is 0.567. The van der Waals surface area contributed by atoms with Crippen molar-refractivity contribution in [2.45, 2.75) is 6.18 Å². The molecule has 1 aliphatic heterocycles. The minimum absolute atomic E-state index is 0.0531. The molecule has 0 bridgehead atoms. The second kappa shape index (κ2) is 7.90. The van der Waals surface area contributed by atoms with Gasteiger partial charge in [-0.2, -0.15) is 13.2 Å². The first-order valence-corrected chi connectivity index (χ1v) is 9.42. The number of anilines is 2. The molecule has 0 aromatic heterocycles. The summed E-state index contributed by atoms with van der Waals surface area (Å²) in [6.07, 6.45) is -4.71. The maximum atomic E-state index is 13.3. The molecule has 1 aliphatic rings. The summed E-state index contributed by atoms with van der Waals surface area (Å²) in [5.41, 5.74) is -2.33. The third-order valence-corrected chi connectivity index (χ3v) is 5.00. The number of carboxylic acid groups (broad SMARTS) is 1. The highest BCUT2D eigenvalue weighted by Crippen LogP contribution is 2.36. The molecule has 3 aromatic carbocycles. The summed E-state index contributed by atoms with van der Waals surface area (Å²) in [7, 11) is 0. The number of carboxylic acids is 1. The van der Waals surface area contributed by atoms with Gasteiger partial charge in [-0.1, -0.05) is 24.3 Å². The van der Waals surface area contributed by atoms with Crippen LogP contribution in [0.15, 0.2) is 66.7 Å². The Labute approximate surface area is 184 Å². The maximum absolute atomic E-state index is 13.3. The number of nitrogens with zero attached hydrogens (tertiary/aromatic N) is 1. The molecular weight excluding hydrogens is 441 g/mol. The molecule has 1 heterocycles. The van der Waals surface area contributed by atoms with Gasteiger partial charge in [0.1, 0.15) is 0 Å². The number of alkyl halides is 3. The monoisotopic (exact) mass is 454 g/mol.